The Morgan fingerprint density at radius 1 is 0.486 bits per heavy atom. The fourth-order valence-corrected chi connectivity index (χ4v) is 9.87. The molecule has 2 N–H and O–H groups in total. The lowest BCUT2D eigenvalue weighted by molar-refractivity contribution is -0.870. The summed E-state index contributed by atoms with van der Waals surface area (Å²) in [5.74, 6) is -0.205. The third-order valence-electron chi connectivity index (χ3n) is 14.0. The van der Waals surface area contributed by atoms with Gasteiger partial charge in [-0.3, -0.25) is 9.36 Å². The van der Waals surface area contributed by atoms with Gasteiger partial charge in [0.25, 0.3) is 7.82 Å². The van der Waals surface area contributed by atoms with Crippen molar-refractivity contribution in [2.45, 2.75) is 309 Å². The molecule has 0 aromatic rings. The van der Waals surface area contributed by atoms with Crippen LogP contribution in [0.3, 0.4) is 0 Å². The molecule has 0 rings (SSSR count). The van der Waals surface area contributed by atoms with E-state index in [0.29, 0.717) is 17.4 Å². The Morgan fingerprint density at radius 2 is 0.819 bits per heavy atom. The van der Waals surface area contributed by atoms with Crippen molar-refractivity contribution in [3.63, 3.8) is 0 Å². The van der Waals surface area contributed by atoms with Gasteiger partial charge in [0.1, 0.15) is 13.2 Å². The summed E-state index contributed by atoms with van der Waals surface area (Å²) < 4.78 is 23.4. The Hall–Kier alpha value is -1.54. The number of rotatable bonds is 57. The molecule has 0 aromatic carbocycles. The molecule has 0 saturated heterocycles. The average molecular weight is 1030 g/mol. The summed E-state index contributed by atoms with van der Waals surface area (Å²) in [4.78, 5) is 25.5. The second-order valence-electron chi connectivity index (χ2n) is 22.4. The zero-order valence-corrected chi connectivity index (χ0v) is 49.3. The largest absolute Gasteiger partial charge is 0.756 e. The summed E-state index contributed by atoms with van der Waals surface area (Å²) in [6.45, 7) is 4.66. The summed E-state index contributed by atoms with van der Waals surface area (Å²) in [5, 5.41) is 13.9. The Labute approximate surface area is 448 Å². The predicted octanol–water partition coefficient (Wildman–Crippen LogP) is 18.5. The quantitative estimate of drug-likeness (QED) is 0.0272. The van der Waals surface area contributed by atoms with E-state index in [0.717, 1.165) is 44.9 Å². The average Bonchev–Trinajstić information content (AvgIpc) is 3.34. The molecule has 3 unspecified atom stereocenters. The molecule has 424 valence electrons. The highest BCUT2D eigenvalue weighted by Gasteiger charge is 2.23. The van der Waals surface area contributed by atoms with Gasteiger partial charge in [0.2, 0.25) is 5.91 Å². The number of phosphoric acid groups is 1. The van der Waals surface area contributed by atoms with Crippen LogP contribution in [-0.2, 0) is 18.4 Å². The number of likely N-dealkylation sites (N-methyl/N-ethyl adjacent to an activating group) is 1. The highest BCUT2D eigenvalue weighted by atomic mass is 31.2. The van der Waals surface area contributed by atoms with Gasteiger partial charge in [0.15, 0.2) is 0 Å². The van der Waals surface area contributed by atoms with Crippen LogP contribution in [0, 0.1) is 0 Å². The number of phosphoric ester groups is 1. The molecule has 0 aromatic heterocycles. The van der Waals surface area contributed by atoms with E-state index in [2.05, 4.69) is 55.6 Å². The molecule has 8 nitrogen and oxygen atoms in total. The van der Waals surface area contributed by atoms with Crippen LogP contribution in [0.4, 0.5) is 0 Å². The van der Waals surface area contributed by atoms with E-state index in [1.807, 2.05) is 27.2 Å². The Balaban J connectivity index is 4.17. The monoisotopic (exact) mass is 1030 g/mol. The van der Waals surface area contributed by atoms with Gasteiger partial charge in [-0.1, -0.05) is 274 Å². The lowest BCUT2D eigenvalue weighted by Crippen LogP contribution is -2.45. The zero-order valence-electron chi connectivity index (χ0n) is 48.4. The Kier molecular flexibility index (Phi) is 53.1. The molecule has 0 aliphatic heterocycles. The first-order valence-electron chi connectivity index (χ1n) is 31.0. The molecular weight excluding hydrogens is 912 g/mol. The Morgan fingerprint density at radius 3 is 1.21 bits per heavy atom. The first-order valence-corrected chi connectivity index (χ1v) is 32.5. The van der Waals surface area contributed by atoms with E-state index in [-0.39, 0.29) is 12.5 Å². The summed E-state index contributed by atoms with van der Waals surface area (Å²) in [6.07, 6.45) is 72.0. The maximum absolute atomic E-state index is 13.0. The highest BCUT2D eigenvalue weighted by Crippen LogP contribution is 2.38. The van der Waals surface area contributed by atoms with Crippen molar-refractivity contribution in [3.05, 3.63) is 48.6 Å². The van der Waals surface area contributed by atoms with Crippen LogP contribution in [0.1, 0.15) is 296 Å². The topological polar surface area (TPSA) is 108 Å². The van der Waals surface area contributed by atoms with Gasteiger partial charge >= 0.3 is 0 Å². The van der Waals surface area contributed by atoms with Crippen LogP contribution in [0.25, 0.3) is 0 Å². The van der Waals surface area contributed by atoms with Crippen LogP contribution in [0.15, 0.2) is 48.6 Å². The van der Waals surface area contributed by atoms with E-state index < -0.39 is 26.6 Å². The summed E-state index contributed by atoms with van der Waals surface area (Å²) >= 11 is 0. The molecule has 0 saturated carbocycles. The molecule has 0 aliphatic carbocycles. The number of nitrogens with one attached hydrogen (secondary N) is 1. The van der Waals surface area contributed by atoms with E-state index in [1.54, 1.807) is 6.08 Å². The van der Waals surface area contributed by atoms with Crippen LogP contribution in [0.2, 0.25) is 0 Å². The fourth-order valence-electron chi connectivity index (χ4n) is 9.14. The maximum Gasteiger partial charge on any atom is 0.268 e. The molecule has 72 heavy (non-hydrogen) atoms. The molecular formula is C63H121N2O6P. The Bertz CT molecular complexity index is 1310. The second kappa shape index (κ2) is 54.3. The molecule has 0 heterocycles. The van der Waals surface area contributed by atoms with Crippen LogP contribution in [0.5, 0.6) is 0 Å². The van der Waals surface area contributed by atoms with Crippen molar-refractivity contribution in [2.75, 3.05) is 40.9 Å². The predicted molar refractivity (Wildman–Crippen MR) is 311 cm³/mol. The molecule has 3 atom stereocenters. The van der Waals surface area contributed by atoms with Gasteiger partial charge in [-0.2, -0.15) is 0 Å². The number of hydrogen-bond donors (Lipinski definition) is 2. The highest BCUT2D eigenvalue weighted by molar-refractivity contribution is 7.45. The number of hydrogen-bond acceptors (Lipinski definition) is 6. The number of unbranched alkanes of at least 4 members (excludes halogenated alkanes) is 38. The van der Waals surface area contributed by atoms with Crippen molar-refractivity contribution >= 4 is 13.7 Å². The van der Waals surface area contributed by atoms with Crippen molar-refractivity contribution in [3.8, 4) is 0 Å². The molecule has 9 heteroatoms. The maximum atomic E-state index is 13.0. The minimum absolute atomic E-state index is 0.00658. The normalized spacial score (nSPS) is 14.2. The van der Waals surface area contributed by atoms with Gasteiger partial charge in [-0.15, -0.1) is 0 Å². The van der Waals surface area contributed by atoms with Gasteiger partial charge in [0, 0.05) is 6.42 Å². The number of aliphatic hydroxyl groups excluding tert-OH is 1. The summed E-state index contributed by atoms with van der Waals surface area (Å²) in [5.41, 5.74) is 0. The van der Waals surface area contributed by atoms with E-state index in [9.17, 15) is 19.4 Å². The molecule has 0 fully saturated rings. The number of allylic oxidation sites excluding steroid dienone is 7. The second-order valence-corrected chi connectivity index (χ2v) is 23.8. The molecule has 0 spiro atoms. The van der Waals surface area contributed by atoms with Crippen LogP contribution >= 0.6 is 7.82 Å². The van der Waals surface area contributed by atoms with E-state index in [1.165, 1.54) is 231 Å². The smallest absolute Gasteiger partial charge is 0.268 e. The lowest BCUT2D eigenvalue weighted by Gasteiger charge is -2.29. The van der Waals surface area contributed by atoms with E-state index >= 15 is 0 Å². The van der Waals surface area contributed by atoms with Gasteiger partial charge in [0.05, 0.1) is 39.9 Å². The van der Waals surface area contributed by atoms with Crippen molar-refractivity contribution in [1.82, 2.24) is 5.32 Å². The van der Waals surface area contributed by atoms with E-state index in [4.69, 9.17) is 9.05 Å². The van der Waals surface area contributed by atoms with Gasteiger partial charge < -0.3 is 28.8 Å². The molecule has 0 bridgehead atoms. The van der Waals surface area contributed by atoms with Crippen molar-refractivity contribution in [1.29, 1.82) is 0 Å². The number of carbonyl (C=O) groups excluding carboxylic acids is 1. The fraction of sp³-hybridized carbons (Fsp3) is 0.857. The van der Waals surface area contributed by atoms with Gasteiger partial charge in [-0.25, -0.2) is 0 Å². The summed E-state index contributed by atoms with van der Waals surface area (Å²) in [6, 6.07) is -0.905. The minimum Gasteiger partial charge on any atom is -0.756 e. The first kappa shape index (κ1) is 70.5. The third-order valence-corrected chi connectivity index (χ3v) is 15.0. The SMILES string of the molecule is CCCCCCCCCCC/C=C\C/C=C\CCCCCCCCCCCCCCCC(=O)NC(COP(=O)([O-])OCC[N+](C)(C)C)C(O)/C=C/CC/C=C/CCCCCCCCCCCCCCCCC. The number of amides is 1. The molecule has 0 radical (unpaired) electrons. The third kappa shape index (κ3) is 56.2. The summed E-state index contributed by atoms with van der Waals surface area (Å²) in [7, 11) is 1.25. The van der Waals surface area contributed by atoms with Crippen LogP contribution < -0.4 is 10.2 Å². The number of quaternary nitrogens is 1. The number of aliphatic hydroxyl groups is 1. The lowest BCUT2D eigenvalue weighted by atomic mass is 10.0. The zero-order chi connectivity index (χ0) is 52.7. The van der Waals surface area contributed by atoms with Crippen molar-refractivity contribution in [2.24, 2.45) is 0 Å². The van der Waals surface area contributed by atoms with Crippen LogP contribution in [-0.4, -0.2) is 68.5 Å². The number of carbonyl (C=O) groups is 1. The minimum atomic E-state index is -4.61. The number of nitrogens with zero attached hydrogens (tertiary/aromatic N) is 1. The molecule has 0 aliphatic rings. The van der Waals surface area contributed by atoms with Gasteiger partial charge in [-0.05, 0) is 64.2 Å². The standard InChI is InChI=1S/C63H121N2O6P/c1-6-8-10-12-14-16-18-20-22-24-26-28-29-30-31-32-33-34-35-37-39-41-43-45-47-49-51-53-55-57-63(67)64-61(60-71-72(68,69)70-59-58-65(3,4)5)62(66)56-54-52-50-48-46-44-42-40-38-36-27-25-23-21-19-17-15-13-11-9-7-2/h26,28,30-31,46,48,54,56,61-62,66H,6-25,27,29,32-45,47,49-53,55,57-60H2,1-5H3,(H-,64,67,68,69)/b28-26-,31-30-,48-46+,56-54+. The molecule has 1 amide bonds. The van der Waals surface area contributed by atoms with Crippen molar-refractivity contribution < 1.29 is 32.9 Å². The first-order chi connectivity index (χ1) is 35.0.